The fourth-order valence-corrected chi connectivity index (χ4v) is 3.73. The van der Waals surface area contributed by atoms with Gasteiger partial charge in [-0.25, -0.2) is 4.72 Å². The standard InChI is InChI=1S/C12H29N3O2S2/c1-6-12(7-2,18-5)11-14-19(16,17)15(4)10-8-9-13-3/h13-14H,6-11H2,1-5H3. The predicted molar refractivity (Wildman–Crippen MR) is 84.9 cm³/mol. The molecule has 5 nitrogen and oxygen atoms in total. The molecule has 7 heteroatoms. The molecule has 116 valence electrons. The summed E-state index contributed by atoms with van der Waals surface area (Å²) < 4.78 is 28.3. The molecular formula is C12H29N3O2S2. The monoisotopic (exact) mass is 311 g/mol. The summed E-state index contributed by atoms with van der Waals surface area (Å²) in [7, 11) is 0.123. The molecule has 0 radical (unpaired) electrons. The van der Waals surface area contributed by atoms with Crippen molar-refractivity contribution in [2.75, 3.05) is 40.0 Å². The largest absolute Gasteiger partial charge is 0.320 e. The average molecular weight is 312 g/mol. The van der Waals surface area contributed by atoms with Crippen molar-refractivity contribution < 1.29 is 8.42 Å². The molecule has 0 saturated heterocycles. The second kappa shape index (κ2) is 9.18. The lowest BCUT2D eigenvalue weighted by Gasteiger charge is -2.30. The highest BCUT2D eigenvalue weighted by Gasteiger charge is 2.28. The van der Waals surface area contributed by atoms with Crippen molar-refractivity contribution in [3.8, 4) is 0 Å². The van der Waals surface area contributed by atoms with Gasteiger partial charge in [-0.3, -0.25) is 0 Å². The molecule has 0 fully saturated rings. The van der Waals surface area contributed by atoms with Gasteiger partial charge in [0.25, 0.3) is 10.2 Å². The number of nitrogens with zero attached hydrogens (tertiary/aromatic N) is 1. The van der Waals surface area contributed by atoms with Gasteiger partial charge < -0.3 is 5.32 Å². The Labute approximate surface area is 123 Å². The number of thioether (sulfide) groups is 1. The third kappa shape index (κ3) is 6.44. The predicted octanol–water partition coefficient (Wildman–Crippen LogP) is 1.28. The zero-order chi connectivity index (χ0) is 14.9. The normalized spacial score (nSPS) is 13.2. The van der Waals surface area contributed by atoms with Crippen LogP contribution >= 0.6 is 11.8 Å². The lowest BCUT2D eigenvalue weighted by atomic mass is 10.0. The van der Waals surface area contributed by atoms with Crippen molar-refractivity contribution in [2.24, 2.45) is 0 Å². The highest BCUT2D eigenvalue weighted by molar-refractivity contribution is 8.00. The van der Waals surface area contributed by atoms with Gasteiger partial charge in [-0.15, -0.1) is 0 Å². The van der Waals surface area contributed by atoms with Crippen molar-refractivity contribution in [3.63, 3.8) is 0 Å². The Morgan fingerprint density at radius 1 is 1.26 bits per heavy atom. The molecule has 0 bridgehead atoms. The Hall–Kier alpha value is 0.180. The topological polar surface area (TPSA) is 61.4 Å². The van der Waals surface area contributed by atoms with E-state index in [1.165, 1.54) is 4.31 Å². The molecule has 0 aliphatic heterocycles. The molecule has 0 spiro atoms. The van der Waals surface area contributed by atoms with Crippen molar-refractivity contribution in [1.82, 2.24) is 14.3 Å². The fourth-order valence-electron chi connectivity index (χ4n) is 1.79. The van der Waals surface area contributed by atoms with Crippen molar-refractivity contribution >= 4 is 22.0 Å². The molecule has 0 heterocycles. The number of hydrogen-bond acceptors (Lipinski definition) is 4. The van der Waals surface area contributed by atoms with Crippen LogP contribution in [0.25, 0.3) is 0 Å². The smallest absolute Gasteiger partial charge is 0.279 e. The molecule has 0 aromatic carbocycles. The summed E-state index contributed by atoms with van der Waals surface area (Å²) in [6, 6.07) is 0. The minimum absolute atomic E-state index is 0.00111. The Kier molecular flexibility index (Phi) is 9.26. The molecule has 0 atom stereocenters. The Morgan fingerprint density at radius 2 is 1.84 bits per heavy atom. The van der Waals surface area contributed by atoms with Crippen LogP contribution in [0.15, 0.2) is 0 Å². The maximum atomic E-state index is 12.1. The second-order valence-electron chi connectivity index (χ2n) is 4.70. The van der Waals surface area contributed by atoms with Crippen LogP contribution in [0, 0.1) is 0 Å². The van der Waals surface area contributed by atoms with E-state index in [2.05, 4.69) is 23.9 Å². The number of hydrogen-bond donors (Lipinski definition) is 2. The third-order valence-corrected chi connectivity index (χ3v) is 6.71. The zero-order valence-corrected chi connectivity index (χ0v) is 14.5. The molecule has 0 amide bonds. The van der Waals surface area contributed by atoms with Crippen LogP contribution < -0.4 is 10.0 Å². The first-order valence-corrected chi connectivity index (χ1v) is 9.44. The van der Waals surface area contributed by atoms with Gasteiger partial charge in [0.05, 0.1) is 0 Å². The van der Waals surface area contributed by atoms with E-state index in [0.717, 1.165) is 25.8 Å². The molecule has 0 aromatic rings. The minimum Gasteiger partial charge on any atom is -0.320 e. The van der Waals surface area contributed by atoms with Gasteiger partial charge in [-0.05, 0) is 39.1 Å². The molecule has 0 rings (SSSR count). The van der Waals surface area contributed by atoms with Gasteiger partial charge in [0, 0.05) is 24.9 Å². The fraction of sp³-hybridized carbons (Fsp3) is 1.00. The molecule has 19 heavy (non-hydrogen) atoms. The minimum atomic E-state index is -3.36. The van der Waals surface area contributed by atoms with Gasteiger partial charge >= 0.3 is 0 Å². The second-order valence-corrected chi connectivity index (χ2v) is 7.84. The highest BCUT2D eigenvalue weighted by atomic mass is 32.2. The van der Waals surface area contributed by atoms with E-state index in [-0.39, 0.29) is 4.75 Å². The zero-order valence-electron chi connectivity index (χ0n) is 12.8. The van der Waals surface area contributed by atoms with Crippen LogP contribution in [0.2, 0.25) is 0 Å². The molecule has 0 unspecified atom stereocenters. The first-order chi connectivity index (χ1) is 8.87. The van der Waals surface area contributed by atoms with Crippen LogP contribution in [-0.4, -0.2) is 57.5 Å². The number of nitrogens with one attached hydrogen (secondary N) is 2. The van der Waals surface area contributed by atoms with Gasteiger partial charge in [0.1, 0.15) is 0 Å². The quantitative estimate of drug-likeness (QED) is 0.564. The maximum absolute atomic E-state index is 12.1. The van der Waals surface area contributed by atoms with E-state index < -0.39 is 10.2 Å². The van der Waals surface area contributed by atoms with Crippen LogP contribution in [-0.2, 0) is 10.2 Å². The van der Waals surface area contributed by atoms with Crippen molar-refractivity contribution in [1.29, 1.82) is 0 Å². The molecule has 0 aliphatic rings. The molecule has 2 N–H and O–H groups in total. The van der Waals surface area contributed by atoms with E-state index in [0.29, 0.717) is 13.1 Å². The summed E-state index contributed by atoms with van der Waals surface area (Å²) in [6.45, 7) is 6.04. The summed E-state index contributed by atoms with van der Waals surface area (Å²) in [4.78, 5) is 0. The maximum Gasteiger partial charge on any atom is 0.279 e. The van der Waals surface area contributed by atoms with Crippen molar-refractivity contribution in [3.05, 3.63) is 0 Å². The lowest BCUT2D eigenvalue weighted by molar-refractivity contribution is 0.439. The van der Waals surface area contributed by atoms with Crippen LogP contribution in [0.3, 0.4) is 0 Å². The van der Waals surface area contributed by atoms with Gasteiger partial charge in [-0.2, -0.15) is 24.5 Å². The molecule has 0 aromatic heterocycles. The first kappa shape index (κ1) is 19.2. The van der Waals surface area contributed by atoms with E-state index in [1.54, 1.807) is 18.8 Å². The summed E-state index contributed by atoms with van der Waals surface area (Å²) in [5.41, 5.74) is 0. The van der Waals surface area contributed by atoms with Gasteiger partial charge in [0.15, 0.2) is 0 Å². The highest BCUT2D eigenvalue weighted by Crippen LogP contribution is 2.29. The Balaban J connectivity index is 4.43. The third-order valence-electron chi connectivity index (χ3n) is 3.61. The summed E-state index contributed by atoms with van der Waals surface area (Å²) in [5.74, 6) is 0. The molecule has 0 aliphatic carbocycles. The Morgan fingerprint density at radius 3 is 2.26 bits per heavy atom. The van der Waals surface area contributed by atoms with Gasteiger partial charge in [-0.1, -0.05) is 13.8 Å². The van der Waals surface area contributed by atoms with Crippen LogP contribution in [0.1, 0.15) is 33.1 Å². The summed E-state index contributed by atoms with van der Waals surface area (Å²) >= 11 is 1.74. The SMILES string of the molecule is CCC(CC)(CNS(=O)(=O)N(C)CCCNC)SC. The van der Waals surface area contributed by atoms with E-state index >= 15 is 0 Å². The van der Waals surface area contributed by atoms with E-state index in [1.807, 2.05) is 13.3 Å². The van der Waals surface area contributed by atoms with E-state index in [9.17, 15) is 8.42 Å². The molecular weight excluding hydrogens is 282 g/mol. The Bertz CT molecular complexity index is 322. The van der Waals surface area contributed by atoms with Crippen molar-refractivity contribution in [2.45, 2.75) is 37.9 Å². The summed E-state index contributed by atoms with van der Waals surface area (Å²) in [6.07, 6.45) is 4.76. The first-order valence-electron chi connectivity index (χ1n) is 6.78. The van der Waals surface area contributed by atoms with Crippen LogP contribution in [0.4, 0.5) is 0 Å². The van der Waals surface area contributed by atoms with E-state index in [4.69, 9.17) is 0 Å². The lowest BCUT2D eigenvalue weighted by Crippen LogP contribution is -2.45. The average Bonchev–Trinajstić information content (AvgIpc) is 2.41. The van der Waals surface area contributed by atoms with Crippen LogP contribution in [0.5, 0.6) is 0 Å². The number of rotatable bonds is 11. The van der Waals surface area contributed by atoms with Gasteiger partial charge in [0.2, 0.25) is 0 Å². The molecule has 0 saturated carbocycles. The summed E-state index contributed by atoms with van der Waals surface area (Å²) in [5, 5.41) is 3.01.